The van der Waals surface area contributed by atoms with Crippen LogP contribution in [0.1, 0.15) is 11.5 Å². The molecule has 13 nitrogen and oxygen atoms in total. The summed E-state index contributed by atoms with van der Waals surface area (Å²) in [5.41, 5.74) is 0.742. The van der Waals surface area contributed by atoms with Crippen LogP contribution >= 0.6 is 0 Å². The normalized spacial score (nSPS) is 11.9. The fourth-order valence-electron chi connectivity index (χ4n) is 2.38. The number of terminal acetylenes is 1. The molecular weight excluding hydrogens is 398 g/mol. The first-order valence-corrected chi connectivity index (χ1v) is 9.71. The maximum Gasteiger partial charge on any atom is 0.255 e. The van der Waals surface area contributed by atoms with Crippen molar-refractivity contribution in [3.8, 4) is 18.3 Å². The molecule has 4 heterocycles. The van der Waals surface area contributed by atoms with Crippen LogP contribution in [0.2, 0.25) is 0 Å². The van der Waals surface area contributed by atoms with E-state index in [1.54, 1.807) is 0 Å². The minimum atomic E-state index is -3.67. The van der Waals surface area contributed by atoms with E-state index in [0.717, 1.165) is 17.1 Å². The Morgan fingerprint density at radius 3 is 2.72 bits per heavy atom. The summed E-state index contributed by atoms with van der Waals surface area (Å²) in [5.74, 6) is 2.73. The van der Waals surface area contributed by atoms with Gasteiger partial charge in [-0.25, -0.2) is 18.4 Å². The zero-order valence-electron chi connectivity index (χ0n) is 14.8. The minimum absolute atomic E-state index is 0.0664. The monoisotopic (exact) mass is 409 g/mol. The van der Waals surface area contributed by atoms with Gasteiger partial charge in [0.1, 0.15) is 23.2 Å². The van der Waals surface area contributed by atoms with Gasteiger partial charge in [0.05, 0.1) is 6.20 Å². The van der Waals surface area contributed by atoms with Crippen molar-refractivity contribution >= 4 is 33.1 Å². The zero-order valence-corrected chi connectivity index (χ0v) is 15.6. The molecule has 0 saturated carbocycles. The Kier molecular flexibility index (Phi) is 4.20. The number of fused-ring (bicyclic) bond motifs is 1. The lowest BCUT2D eigenvalue weighted by molar-refractivity contribution is 0.602. The highest BCUT2D eigenvalue weighted by molar-refractivity contribution is 7.90. The highest BCUT2D eigenvalue weighted by Crippen LogP contribution is 2.30. The molecule has 0 atom stereocenters. The second-order valence-electron chi connectivity index (χ2n) is 5.54. The molecule has 4 aromatic heterocycles. The molecule has 14 heteroatoms. The van der Waals surface area contributed by atoms with Crippen molar-refractivity contribution < 1.29 is 8.42 Å². The quantitative estimate of drug-likeness (QED) is 0.375. The molecule has 0 saturated heterocycles. The van der Waals surface area contributed by atoms with Gasteiger partial charge in [0.15, 0.2) is 27.2 Å². The minimum Gasteiger partial charge on any atom is -0.265 e. The molecule has 144 valence electrons. The number of hydrogen-bond donors (Lipinski definition) is 1. The zero-order chi connectivity index (χ0) is 20.6. The maximum atomic E-state index is 12.2. The van der Waals surface area contributed by atoms with E-state index in [-0.39, 0.29) is 28.0 Å². The van der Waals surface area contributed by atoms with E-state index in [4.69, 9.17) is 6.42 Å². The first kappa shape index (κ1) is 18.1. The van der Waals surface area contributed by atoms with Crippen molar-refractivity contribution in [2.75, 3.05) is 6.26 Å². The molecule has 29 heavy (non-hydrogen) atoms. The number of aromatic nitrogens is 9. The Bertz CT molecular complexity index is 1400. The van der Waals surface area contributed by atoms with E-state index in [2.05, 4.69) is 58.0 Å². The van der Waals surface area contributed by atoms with Crippen molar-refractivity contribution in [2.45, 2.75) is 4.90 Å². The van der Waals surface area contributed by atoms with Crippen molar-refractivity contribution in [3.05, 3.63) is 36.9 Å². The largest absolute Gasteiger partial charge is 0.265 e. The molecule has 0 amide bonds. The molecule has 4 aromatic rings. The SMILES string of the molecule is C#Cc1[nH]n2nc(C=C)nc2c1N=Nc1c(S(C)(=O)=O)cnn1-c1ncncn1. The van der Waals surface area contributed by atoms with Gasteiger partial charge in [-0.1, -0.05) is 6.58 Å². The maximum absolute atomic E-state index is 12.2. The third-order valence-electron chi connectivity index (χ3n) is 3.64. The van der Waals surface area contributed by atoms with E-state index in [1.807, 2.05) is 0 Å². The van der Waals surface area contributed by atoms with Gasteiger partial charge in [-0.3, -0.25) is 5.10 Å². The van der Waals surface area contributed by atoms with Gasteiger partial charge in [-0.15, -0.1) is 21.8 Å². The molecule has 0 spiro atoms. The van der Waals surface area contributed by atoms with Crippen LogP contribution in [0, 0.1) is 12.3 Å². The van der Waals surface area contributed by atoms with E-state index in [0.29, 0.717) is 11.5 Å². The topological polar surface area (TPSA) is 161 Å². The summed E-state index contributed by atoms with van der Waals surface area (Å²) in [4.78, 5) is 15.7. The lowest BCUT2D eigenvalue weighted by atomic mass is 10.4. The molecule has 4 rings (SSSR count). The Labute approximate surface area is 163 Å². The molecule has 0 aliphatic rings. The Morgan fingerprint density at radius 1 is 1.31 bits per heavy atom. The molecule has 1 N–H and O–H groups in total. The molecule has 0 aliphatic heterocycles. The Morgan fingerprint density at radius 2 is 2.07 bits per heavy atom. The van der Waals surface area contributed by atoms with Crippen molar-refractivity contribution in [1.29, 1.82) is 0 Å². The molecule has 0 aromatic carbocycles. The van der Waals surface area contributed by atoms with Crippen LogP contribution in [0.3, 0.4) is 0 Å². The lowest BCUT2D eigenvalue weighted by Gasteiger charge is -2.01. The highest BCUT2D eigenvalue weighted by Gasteiger charge is 2.22. The van der Waals surface area contributed by atoms with Crippen LogP contribution in [0.25, 0.3) is 17.7 Å². The standard InChI is InChI=1S/C15H11N11O2S/c1-4-9-12(14-20-11(5-2)24-26(14)23-9)21-22-13-10(29(3,27)28)6-19-25(13)15-17-7-16-8-18-15/h1,5-8,23H,2H2,3H3. The molecule has 0 unspecified atom stereocenters. The van der Waals surface area contributed by atoms with E-state index in [9.17, 15) is 8.42 Å². The number of H-pyrrole nitrogens is 1. The number of hydrogen-bond acceptors (Lipinski definition) is 10. The van der Waals surface area contributed by atoms with Crippen molar-refractivity contribution in [2.24, 2.45) is 10.2 Å². The van der Waals surface area contributed by atoms with Gasteiger partial charge in [0, 0.05) is 6.26 Å². The number of azo groups is 1. The van der Waals surface area contributed by atoms with Gasteiger partial charge in [0.25, 0.3) is 5.95 Å². The van der Waals surface area contributed by atoms with Gasteiger partial charge in [0.2, 0.25) is 5.65 Å². The third-order valence-corrected chi connectivity index (χ3v) is 4.73. The Hall–Kier alpha value is -4.25. The summed E-state index contributed by atoms with van der Waals surface area (Å²) >= 11 is 0. The smallest absolute Gasteiger partial charge is 0.255 e. The van der Waals surface area contributed by atoms with Crippen molar-refractivity contribution in [3.63, 3.8) is 0 Å². The van der Waals surface area contributed by atoms with E-state index < -0.39 is 9.84 Å². The summed E-state index contributed by atoms with van der Waals surface area (Å²) in [7, 11) is -3.67. The highest BCUT2D eigenvalue weighted by atomic mass is 32.2. The molecular formula is C15H11N11O2S. The average molecular weight is 409 g/mol. The van der Waals surface area contributed by atoms with Gasteiger partial charge >= 0.3 is 0 Å². The molecule has 0 bridgehead atoms. The summed E-state index contributed by atoms with van der Waals surface area (Å²) in [6.07, 6.45) is 11.6. The first-order chi connectivity index (χ1) is 13.9. The van der Waals surface area contributed by atoms with Gasteiger partial charge in [-0.05, 0) is 12.0 Å². The average Bonchev–Trinajstić information content (AvgIpc) is 3.38. The molecule has 0 aliphatic carbocycles. The van der Waals surface area contributed by atoms with Crippen LogP contribution < -0.4 is 0 Å². The molecule has 0 fully saturated rings. The number of sulfone groups is 1. The summed E-state index contributed by atoms with van der Waals surface area (Å²) in [5, 5.41) is 19.1. The van der Waals surface area contributed by atoms with Gasteiger partial charge < -0.3 is 0 Å². The third kappa shape index (κ3) is 3.15. The number of nitrogens with one attached hydrogen (secondary N) is 1. The van der Waals surface area contributed by atoms with Crippen LogP contribution in [-0.2, 0) is 9.84 Å². The van der Waals surface area contributed by atoms with E-state index >= 15 is 0 Å². The fraction of sp³-hybridized carbons (Fsp3) is 0.0667. The van der Waals surface area contributed by atoms with Crippen LogP contribution in [0.4, 0.5) is 11.5 Å². The first-order valence-electron chi connectivity index (χ1n) is 7.82. The van der Waals surface area contributed by atoms with E-state index in [1.165, 1.54) is 23.4 Å². The molecule has 0 radical (unpaired) electrons. The lowest BCUT2D eigenvalue weighted by Crippen LogP contribution is -2.03. The van der Waals surface area contributed by atoms with Crippen molar-refractivity contribution in [1.82, 2.24) is 44.5 Å². The van der Waals surface area contributed by atoms with Gasteiger partial charge in [-0.2, -0.15) is 24.4 Å². The second kappa shape index (κ2) is 6.73. The summed E-state index contributed by atoms with van der Waals surface area (Å²) in [6.45, 7) is 3.60. The van der Waals surface area contributed by atoms with Crippen LogP contribution in [0.5, 0.6) is 0 Å². The number of rotatable bonds is 5. The van der Waals surface area contributed by atoms with Crippen LogP contribution in [0.15, 0.2) is 40.6 Å². The predicted octanol–water partition coefficient (Wildman–Crippen LogP) is 0.871. The number of aromatic amines is 1. The van der Waals surface area contributed by atoms with Crippen LogP contribution in [-0.4, -0.2) is 59.2 Å². The fourth-order valence-corrected chi connectivity index (χ4v) is 3.08. The summed E-state index contributed by atoms with van der Waals surface area (Å²) < 4.78 is 26.8. The predicted molar refractivity (Wildman–Crippen MR) is 99.6 cm³/mol. The summed E-state index contributed by atoms with van der Waals surface area (Å²) in [6, 6.07) is 0. The Balaban J connectivity index is 1.90. The second-order valence-corrected chi connectivity index (χ2v) is 7.53. The number of nitrogens with zero attached hydrogens (tertiary/aromatic N) is 10.